The van der Waals surface area contributed by atoms with Crippen LogP contribution >= 0.6 is 0 Å². The molecule has 17 heavy (non-hydrogen) atoms. The van der Waals surface area contributed by atoms with Crippen LogP contribution in [0.4, 0.5) is 4.79 Å². The van der Waals surface area contributed by atoms with Gasteiger partial charge < -0.3 is 20.5 Å². The van der Waals surface area contributed by atoms with Crippen LogP contribution in [0, 0.1) is 11.8 Å². The number of alkyl carbamates (subject to hydrolysis) is 1. The molecule has 100 valence electrons. The molecule has 0 aromatic carbocycles. The van der Waals surface area contributed by atoms with Crippen LogP contribution in [0.15, 0.2) is 0 Å². The zero-order valence-electron chi connectivity index (χ0n) is 11.0. The van der Waals surface area contributed by atoms with Crippen LogP contribution in [0.25, 0.3) is 0 Å². The van der Waals surface area contributed by atoms with Crippen LogP contribution in [0.5, 0.6) is 0 Å². The van der Waals surface area contributed by atoms with E-state index in [0.29, 0.717) is 31.5 Å². The van der Waals surface area contributed by atoms with E-state index >= 15 is 0 Å². The van der Waals surface area contributed by atoms with Gasteiger partial charge in [-0.05, 0) is 39.7 Å². The topological polar surface area (TPSA) is 73.6 Å². The van der Waals surface area contributed by atoms with Crippen LogP contribution < -0.4 is 11.1 Å². The number of nitrogens with two attached hydrogens (primary N) is 1. The highest BCUT2D eigenvalue weighted by atomic mass is 16.6. The van der Waals surface area contributed by atoms with E-state index in [-0.39, 0.29) is 6.09 Å². The zero-order chi connectivity index (χ0) is 12.9. The molecule has 5 heteroatoms. The highest BCUT2D eigenvalue weighted by Gasteiger charge is 2.25. The zero-order valence-corrected chi connectivity index (χ0v) is 11.0. The molecule has 0 aromatic rings. The van der Waals surface area contributed by atoms with Gasteiger partial charge in [-0.25, -0.2) is 4.79 Å². The molecule has 1 amide bonds. The SMILES string of the molecule is CC(C)(C)OC(=O)NC[C@@H]1COCC[C@H]1CN. The van der Waals surface area contributed by atoms with E-state index in [0.717, 1.165) is 13.0 Å². The van der Waals surface area contributed by atoms with Gasteiger partial charge >= 0.3 is 6.09 Å². The lowest BCUT2D eigenvalue weighted by Gasteiger charge is -2.31. The summed E-state index contributed by atoms with van der Waals surface area (Å²) in [4.78, 5) is 11.5. The Morgan fingerprint density at radius 2 is 2.18 bits per heavy atom. The van der Waals surface area contributed by atoms with Gasteiger partial charge in [-0.3, -0.25) is 0 Å². The molecule has 0 aliphatic carbocycles. The summed E-state index contributed by atoms with van der Waals surface area (Å²) in [7, 11) is 0. The van der Waals surface area contributed by atoms with Gasteiger partial charge in [0.25, 0.3) is 0 Å². The fourth-order valence-corrected chi connectivity index (χ4v) is 1.91. The number of carbonyl (C=O) groups is 1. The van der Waals surface area contributed by atoms with Crippen molar-refractivity contribution < 1.29 is 14.3 Å². The second-order valence-electron chi connectivity index (χ2n) is 5.50. The first-order valence-electron chi connectivity index (χ1n) is 6.17. The van der Waals surface area contributed by atoms with Crippen LogP contribution in [0.1, 0.15) is 27.2 Å². The molecule has 0 saturated carbocycles. The van der Waals surface area contributed by atoms with E-state index in [9.17, 15) is 4.79 Å². The summed E-state index contributed by atoms with van der Waals surface area (Å²) in [5, 5.41) is 2.78. The molecule has 1 aliphatic rings. The first kappa shape index (κ1) is 14.3. The van der Waals surface area contributed by atoms with Crippen molar-refractivity contribution in [2.24, 2.45) is 17.6 Å². The Hall–Kier alpha value is -0.810. The second kappa shape index (κ2) is 6.21. The molecule has 1 rings (SSSR count). The molecule has 1 fully saturated rings. The molecular weight excluding hydrogens is 220 g/mol. The van der Waals surface area contributed by atoms with Gasteiger partial charge in [0.15, 0.2) is 0 Å². The molecule has 1 heterocycles. The molecule has 1 saturated heterocycles. The highest BCUT2D eigenvalue weighted by Crippen LogP contribution is 2.20. The van der Waals surface area contributed by atoms with E-state index in [1.54, 1.807) is 0 Å². The standard InChI is InChI=1S/C12H24N2O3/c1-12(2,3)17-11(15)14-7-10-8-16-5-4-9(10)6-13/h9-10H,4-8,13H2,1-3H3,(H,14,15)/t9-,10+/m0/s1. The number of carbonyl (C=O) groups excluding carboxylic acids is 1. The second-order valence-corrected chi connectivity index (χ2v) is 5.50. The number of rotatable bonds is 3. The van der Waals surface area contributed by atoms with E-state index in [2.05, 4.69) is 5.32 Å². The predicted molar refractivity (Wildman–Crippen MR) is 65.7 cm³/mol. The van der Waals surface area contributed by atoms with Gasteiger partial charge in [-0.15, -0.1) is 0 Å². The largest absolute Gasteiger partial charge is 0.444 e. The Balaban J connectivity index is 2.31. The van der Waals surface area contributed by atoms with Gasteiger partial charge in [-0.1, -0.05) is 0 Å². The fourth-order valence-electron chi connectivity index (χ4n) is 1.91. The molecule has 1 aliphatic heterocycles. The maximum Gasteiger partial charge on any atom is 0.407 e. The average molecular weight is 244 g/mol. The van der Waals surface area contributed by atoms with Gasteiger partial charge in [0, 0.05) is 19.1 Å². The van der Waals surface area contributed by atoms with E-state index in [4.69, 9.17) is 15.2 Å². The molecule has 2 atom stereocenters. The van der Waals surface area contributed by atoms with E-state index < -0.39 is 5.60 Å². The summed E-state index contributed by atoms with van der Waals surface area (Å²) in [6.45, 7) is 8.18. The lowest BCUT2D eigenvalue weighted by Crippen LogP contribution is -2.42. The Kier molecular flexibility index (Phi) is 5.21. The molecule has 3 N–H and O–H groups in total. The monoisotopic (exact) mass is 244 g/mol. The van der Waals surface area contributed by atoms with Crippen molar-refractivity contribution in [2.45, 2.75) is 32.8 Å². The Morgan fingerprint density at radius 3 is 2.76 bits per heavy atom. The Bertz CT molecular complexity index is 251. The van der Waals surface area contributed by atoms with Crippen LogP contribution in [0.2, 0.25) is 0 Å². The summed E-state index contributed by atoms with van der Waals surface area (Å²) in [6.07, 6.45) is 0.593. The van der Waals surface area contributed by atoms with Gasteiger partial charge in [0.1, 0.15) is 5.60 Å². The third-order valence-electron chi connectivity index (χ3n) is 2.84. The van der Waals surface area contributed by atoms with Crippen molar-refractivity contribution in [3.8, 4) is 0 Å². The van der Waals surface area contributed by atoms with Crippen molar-refractivity contribution in [1.82, 2.24) is 5.32 Å². The summed E-state index contributed by atoms with van der Waals surface area (Å²) in [5.41, 5.74) is 5.24. The van der Waals surface area contributed by atoms with Crippen molar-refractivity contribution in [1.29, 1.82) is 0 Å². The van der Waals surface area contributed by atoms with Crippen molar-refractivity contribution in [2.75, 3.05) is 26.3 Å². The van der Waals surface area contributed by atoms with Gasteiger partial charge in [0.2, 0.25) is 0 Å². The van der Waals surface area contributed by atoms with Crippen LogP contribution in [-0.2, 0) is 9.47 Å². The predicted octanol–water partition coefficient (Wildman–Crippen LogP) is 1.12. The van der Waals surface area contributed by atoms with Crippen molar-refractivity contribution >= 4 is 6.09 Å². The lowest BCUT2D eigenvalue weighted by molar-refractivity contribution is 0.0157. The molecule has 0 radical (unpaired) electrons. The number of nitrogens with one attached hydrogen (secondary N) is 1. The Morgan fingerprint density at radius 1 is 1.47 bits per heavy atom. The Labute approximate surface area is 103 Å². The van der Waals surface area contributed by atoms with E-state index in [1.165, 1.54) is 0 Å². The summed E-state index contributed by atoms with van der Waals surface area (Å²) in [6, 6.07) is 0. The van der Waals surface area contributed by atoms with Gasteiger partial charge in [-0.2, -0.15) is 0 Å². The normalized spacial score (nSPS) is 25.4. The average Bonchev–Trinajstić information content (AvgIpc) is 2.24. The summed E-state index contributed by atoms with van der Waals surface area (Å²) >= 11 is 0. The van der Waals surface area contributed by atoms with Gasteiger partial charge in [0.05, 0.1) is 6.61 Å². The molecule has 0 bridgehead atoms. The van der Waals surface area contributed by atoms with Crippen molar-refractivity contribution in [3.63, 3.8) is 0 Å². The van der Waals surface area contributed by atoms with E-state index in [1.807, 2.05) is 20.8 Å². The minimum absolute atomic E-state index is 0.293. The molecule has 0 spiro atoms. The molecule has 0 aromatic heterocycles. The summed E-state index contributed by atoms with van der Waals surface area (Å²) in [5.74, 6) is 0.722. The first-order chi connectivity index (χ1) is 7.92. The highest BCUT2D eigenvalue weighted by molar-refractivity contribution is 5.67. The van der Waals surface area contributed by atoms with Crippen LogP contribution in [-0.4, -0.2) is 38.0 Å². The lowest BCUT2D eigenvalue weighted by atomic mass is 9.88. The maximum absolute atomic E-state index is 11.5. The third kappa shape index (κ3) is 5.37. The third-order valence-corrected chi connectivity index (χ3v) is 2.84. The van der Waals surface area contributed by atoms with Crippen molar-refractivity contribution in [3.05, 3.63) is 0 Å². The molecular formula is C12H24N2O3. The minimum Gasteiger partial charge on any atom is -0.444 e. The fraction of sp³-hybridized carbons (Fsp3) is 0.917. The quantitative estimate of drug-likeness (QED) is 0.780. The maximum atomic E-state index is 11.5. The minimum atomic E-state index is -0.458. The molecule has 0 unspecified atom stereocenters. The molecule has 5 nitrogen and oxygen atoms in total. The smallest absolute Gasteiger partial charge is 0.407 e. The number of amides is 1. The number of ether oxygens (including phenoxy) is 2. The number of hydrogen-bond acceptors (Lipinski definition) is 4. The summed E-state index contributed by atoms with van der Waals surface area (Å²) < 4.78 is 10.6. The number of hydrogen-bond donors (Lipinski definition) is 2. The first-order valence-corrected chi connectivity index (χ1v) is 6.17. The van der Waals surface area contributed by atoms with Crippen LogP contribution in [0.3, 0.4) is 0 Å².